The molecule has 90 valence electrons. The van der Waals surface area contributed by atoms with Gasteiger partial charge in [0.1, 0.15) is 5.82 Å². The predicted molar refractivity (Wildman–Crippen MR) is 64.0 cm³/mol. The smallest absolute Gasteiger partial charge is 0.226 e. The zero-order chi connectivity index (χ0) is 12.3. The Balaban J connectivity index is 2.02. The molecule has 0 unspecified atom stereocenters. The van der Waals surface area contributed by atoms with Crippen molar-refractivity contribution < 1.29 is 8.81 Å². The lowest BCUT2D eigenvalue weighted by atomic mass is 10.3. The second kappa shape index (κ2) is 5.18. The number of hydrogen-bond acceptors (Lipinski definition) is 5. The van der Waals surface area contributed by atoms with E-state index in [1.54, 1.807) is 6.07 Å². The molecule has 1 aromatic carbocycles. The molecule has 4 nitrogen and oxygen atoms in total. The third kappa shape index (κ3) is 2.97. The van der Waals surface area contributed by atoms with Gasteiger partial charge in [0.05, 0.1) is 5.75 Å². The summed E-state index contributed by atoms with van der Waals surface area (Å²) < 4.78 is 18.2. The van der Waals surface area contributed by atoms with Crippen molar-refractivity contribution in [2.45, 2.75) is 24.0 Å². The Morgan fingerprint density at radius 3 is 2.76 bits per heavy atom. The average molecular weight is 253 g/mol. The van der Waals surface area contributed by atoms with Crippen LogP contribution in [0.15, 0.2) is 27.5 Å². The number of halogens is 1. The Kier molecular flexibility index (Phi) is 3.63. The van der Waals surface area contributed by atoms with Crippen LogP contribution in [0.2, 0.25) is 0 Å². The minimum absolute atomic E-state index is 0.335. The Labute approximate surface area is 102 Å². The first-order valence-corrected chi connectivity index (χ1v) is 6.16. The number of nitrogen functional groups attached to an aromatic ring is 1. The third-order valence-electron chi connectivity index (χ3n) is 2.13. The van der Waals surface area contributed by atoms with Crippen LogP contribution in [0.25, 0.3) is 0 Å². The van der Waals surface area contributed by atoms with Crippen LogP contribution in [0.1, 0.15) is 18.7 Å². The normalized spacial score (nSPS) is 10.7. The van der Waals surface area contributed by atoms with Crippen LogP contribution in [0.5, 0.6) is 0 Å². The fourth-order valence-electron chi connectivity index (χ4n) is 1.28. The molecule has 2 rings (SSSR count). The highest BCUT2D eigenvalue weighted by Crippen LogP contribution is 2.28. The van der Waals surface area contributed by atoms with E-state index in [1.165, 1.54) is 23.9 Å². The highest BCUT2D eigenvalue weighted by atomic mass is 32.2. The van der Waals surface area contributed by atoms with Gasteiger partial charge in [0, 0.05) is 17.0 Å². The first-order chi connectivity index (χ1) is 8.19. The molecule has 0 spiro atoms. The first kappa shape index (κ1) is 11.9. The summed E-state index contributed by atoms with van der Waals surface area (Å²) in [5.41, 5.74) is 6.11. The van der Waals surface area contributed by atoms with Gasteiger partial charge in [-0.1, -0.05) is 6.92 Å². The maximum atomic E-state index is 12.8. The second-order valence-electron chi connectivity index (χ2n) is 3.41. The van der Waals surface area contributed by atoms with Gasteiger partial charge in [0.25, 0.3) is 0 Å². The summed E-state index contributed by atoms with van der Waals surface area (Å²) in [5.74, 6) is 1.36. The summed E-state index contributed by atoms with van der Waals surface area (Å²) in [7, 11) is 0. The SMILES string of the molecule is CCc1nnc(CSc2ccc(F)cc2N)o1. The van der Waals surface area contributed by atoms with Crippen LogP contribution in [0, 0.1) is 5.82 Å². The van der Waals surface area contributed by atoms with Gasteiger partial charge in [-0.2, -0.15) is 0 Å². The highest BCUT2D eigenvalue weighted by molar-refractivity contribution is 7.98. The summed E-state index contributed by atoms with van der Waals surface area (Å²) in [5, 5.41) is 7.76. The monoisotopic (exact) mass is 253 g/mol. The molecule has 0 fully saturated rings. The second-order valence-corrected chi connectivity index (χ2v) is 4.43. The number of nitrogens with two attached hydrogens (primary N) is 1. The number of aryl methyl sites for hydroxylation is 1. The molecule has 2 aromatic rings. The molecule has 2 N–H and O–H groups in total. The van der Waals surface area contributed by atoms with Gasteiger partial charge in [0.15, 0.2) is 0 Å². The van der Waals surface area contributed by atoms with E-state index in [0.29, 0.717) is 23.2 Å². The fraction of sp³-hybridized carbons (Fsp3) is 0.273. The topological polar surface area (TPSA) is 64.9 Å². The molecule has 6 heteroatoms. The molecular formula is C11H12FN3OS. The van der Waals surface area contributed by atoms with Crippen LogP contribution in [-0.2, 0) is 12.2 Å². The number of anilines is 1. The van der Waals surface area contributed by atoms with Gasteiger partial charge in [-0.25, -0.2) is 4.39 Å². The Morgan fingerprint density at radius 1 is 1.35 bits per heavy atom. The summed E-state index contributed by atoms with van der Waals surface area (Å²) in [6.07, 6.45) is 0.719. The van der Waals surface area contributed by atoms with E-state index in [1.807, 2.05) is 6.92 Å². The van der Waals surface area contributed by atoms with Crippen molar-refractivity contribution in [3.05, 3.63) is 35.8 Å². The van der Waals surface area contributed by atoms with E-state index in [0.717, 1.165) is 11.3 Å². The van der Waals surface area contributed by atoms with Gasteiger partial charge < -0.3 is 10.2 Å². The van der Waals surface area contributed by atoms with Crippen LogP contribution < -0.4 is 5.73 Å². The molecule has 0 saturated heterocycles. The molecule has 0 saturated carbocycles. The van der Waals surface area contributed by atoms with E-state index in [-0.39, 0.29) is 5.82 Å². The van der Waals surface area contributed by atoms with Crippen molar-refractivity contribution >= 4 is 17.4 Å². The van der Waals surface area contributed by atoms with Crippen molar-refractivity contribution in [2.24, 2.45) is 0 Å². The van der Waals surface area contributed by atoms with Gasteiger partial charge in [-0.3, -0.25) is 0 Å². The largest absolute Gasteiger partial charge is 0.424 e. The molecule has 0 amide bonds. The van der Waals surface area contributed by atoms with Crippen LogP contribution >= 0.6 is 11.8 Å². The van der Waals surface area contributed by atoms with Gasteiger partial charge in [-0.15, -0.1) is 22.0 Å². The molecule has 0 aliphatic carbocycles. The molecule has 0 bridgehead atoms. The summed E-state index contributed by atoms with van der Waals surface area (Å²) >= 11 is 1.44. The standard InChI is InChI=1S/C11H12FN3OS/c1-2-10-14-15-11(16-10)6-17-9-4-3-7(12)5-8(9)13/h3-5H,2,6,13H2,1H3. The molecule has 0 aliphatic rings. The van der Waals surface area contributed by atoms with E-state index < -0.39 is 0 Å². The van der Waals surface area contributed by atoms with Crippen molar-refractivity contribution in [2.75, 3.05) is 5.73 Å². The van der Waals surface area contributed by atoms with Crippen LogP contribution in [0.3, 0.4) is 0 Å². The summed E-state index contributed by atoms with van der Waals surface area (Å²) in [6, 6.07) is 4.32. The molecule has 0 radical (unpaired) electrons. The molecule has 0 atom stereocenters. The number of hydrogen-bond donors (Lipinski definition) is 1. The van der Waals surface area contributed by atoms with Crippen molar-refractivity contribution in [3.63, 3.8) is 0 Å². The van der Waals surface area contributed by atoms with Gasteiger partial charge >= 0.3 is 0 Å². The lowest BCUT2D eigenvalue weighted by Gasteiger charge is -2.02. The predicted octanol–water partition coefficient (Wildman–Crippen LogP) is 2.65. The van der Waals surface area contributed by atoms with Crippen molar-refractivity contribution in [3.8, 4) is 0 Å². The van der Waals surface area contributed by atoms with E-state index in [4.69, 9.17) is 10.2 Å². The van der Waals surface area contributed by atoms with Gasteiger partial charge in [-0.05, 0) is 18.2 Å². The Morgan fingerprint density at radius 2 is 2.12 bits per heavy atom. The molecule has 1 heterocycles. The molecule has 1 aromatic heterocycles. The summed E-state index contributed by atoms with van der Waals surface area (Å²) in [6.45, 7) is 1.95. The number of benzene rings is 1. The van der Waals surface area contributed by atoms with Crippen molar-refractivity contribution in [1.29, 1.82) is 0 Å². The third-order valence-corrected chi connectivity index (χ3v) is 3.21. The van der Waals surface area contributed by atoms with Crippen LogP contribution in [-0.4, -0.2) is 10.2 Å². The van der Waals surface area contributed by atoms with Crippen LogP contribution in [0.4, 0.5) is 10.1 Å². The Hall–Kier alpha value is -1.56. The Bertz CT molecular complexity index is 515. The maximum Gasteiger partial charge on any atom is 0.226 e. The highest BCUT2D eigenvalue weighted by Gasteiger charge is 2.07. The zero-order valence-corrected chi connectivity index (χ0v) is 10.1. The van der Waals surface area contributed by atoms with Gasteiger partial charge in [0.2, 0.25) is 11.8 Å². The van der Waals surface area contributed by atoms with E-state index in [2.05, 4.69) is 10.2 Å². The summed E-state index contributed by atoms with van der Waals surface area (Å²) in [4.78, 5) is 0.808. The molecule has 0 aliphatic heterocycles. The minimum Gasteiger partial charge on any atom is -0.424 e. The number of thioether (sulfide) groups is 1. The maximum absolute atomic E-state index is 12.8. The van der Waals surface area contributed by atoms with E-state index >= 15 is 0 Å². The number of nitrogens with zero attached hydrogens (tertiary/aromatic N) is 2. The fourth-order valence-corrected chi connectivity index (χ4v) is 2.07. The first-order valence-electron chi connectivity index (χ1n) is 5.18. The number of aromatic nitrogens is 2. The molecular weight excluding hydrogens is 241 g/mol. The quantitative estimate of drug-likeness (QED) is 0.670. The lowest BCUT2D eigenvalue weighted by molar-refractivity contribution is 0.470. The minimum atomic E-state index is -0.335. The van der Waals surface area contributed by atoms with E-state index in [9.17, 15) is 4.39 Å². The lowest BCUT2D eigenvalue weighted by Crippen LogP contribution is -1.90. The number of rotatable bonds is 4. The zero-order valence-electron chi connectivity index (χ0n) is 9.31. The van der Waals surface area contributed by atoms with Crippen molar-refractivity contribution in [1.82, 2.24) is 10.2 Å². The average Bonchev–Trinajstić information content (AvgIpc) is 2.76. The molecule has 17 heavy (non-hydrogen) atoms.